The van der Waals surface area contributed by atoms with E-state index in [1.54, 1.807) is 18.6 Å². The quantitative estimate of drug-likeness (QED) is 0.609. The molecule has 1 aromatic heterocycles. The molecule has 0 saturated carbocycles. The molecule has 0 aliphatic carbocycles. The van der Waals surface area contributed by atoms with Gasteiger partial charge in [-0.15, -0.1) is 0 Å². The Morgan fingerprint density at radius 3 is 2.78 bits per heavy atom. The minimum absolute atomic E-state index is 0.350. The van der Waals surface area contributed by atoms with Crippen molar-refractivity contribution in [3.05, 3.63) is 60.2 Å². The van der Waals surface area contributed by atoms with Crippen molar-refractivity contribution in [3.63, 3.8) is 0 Å². The first-order valence-corrected chi connectivity index (χ1v) is 5.58. The second-order valence-corrected chi connectivity index (χ2v) is 3.83. The number of nitrogens with zero attached hydrogens (tertiary/aromatic N) is 2. The summed E-state index contributed by atoms with van der Waals surface area (Å²) in [6.45, 7) is 0.793. The van der Waals surface area contributed by atoms with Gasteiger partial charge < -0.3 is 9.30 Å². The smallest absolute Gasteiger partial charge is 0.330 e. The maximum Gasteiger partial charge on any atom is 0.330 e. The summed E-state index contributed by atoms with van der Waals surface area (Å²) < 4.78 is 6.53. The molecule has 4 heteroatoms. The fourth-order valence-electron chi connectivity index (χ4n) is 1.56. The summed E-state index contributed by atoms with van der Waals surface area (Å²) in [4.78, 5) is 14.9. The molecule has 92 valence electrons. The molecular formula is C14H14N2O2. The monoisotopic (exact) mass is 242 g/mol. The largest absolute Gasteiger partial charge is 0.466 e. The Balaban J connectivity index is 2.01. The summed E-state index contributed by atoms with van der Waals surface area (Å²) in [6, 6.07) is 7.98. The molecule has 2 aromatic rings. The summed E-state index contributed by atoms with van der Waals surface area (Å²) >= 11 is 0. The molecule has 0 saturated heterocycles. The van der Waals surface area contributed by atoms with E-state index in [1.807, 2.05) is 35.0 Å². The molecule has 18 heavy (non-hydrogen) atoms. The third-order valence-corrected chi connectivity index (χ3v) is 2.52. The number of aromatic nitrogens is 2. The summed E-state index contributed by atoms with van der Waals surface area (Å²) in [5.74, 6) is -0.350. The van der Waals surface area contributed by atoms with E-state index in [2.05, 4.69) is 9.72 Å². The van der Waals surface area contributed by atoms with Crippen molar-refractivity contribution >= 4 is 12.0 Å². The van der Waals surface area contributed by atoms with E-state index in [9.17, 15) is 4.79 Å². The Morgan fingerprint density at radius 2 is 2.17 bits per heavy atom. The highest BCUT2D eigenvalue weighted by Crippen LogP contribution is 2.08. The average molecular weight is 242 g/mol. The van der Waals surface area contributed by atoms with Crippen LogP contribution in [0.25, 0.3) is 6.08 Å². The van der Waals surface area contributed by atoms with Crippen LogP contribution < -0.4 is 0 Å². The summed E-state index contributed by atoms with van der Waals surface area (Å²) in [5.41, 5.74) is 2.15. The Hall–Kier alpha value is -2.36. The second-order valence-electron chi connectivity index (χ2n) is 3.83. The zero-order chi connectivity index (χ0) is 12.8. The summed E-state index contributed by atoms with van der Waals surface area (Å²) in [7, 11) is 1.36. The Labute approximate surface area is 106 Å². The number of imidazole rings is 1. The van der Waals surface area contributed by atoms with Crippen molar-refractivity contribution < 1.29 is 9.53 Å². The minimum Gasteiger partial charge on any atom is -0.466 e. The lowest BCUT2D eigenvalue weighted by atomic mass is 10.1. The molecule has 0 bridgehead atoms. The van der Waals surface area contributed by atoms with E-state index in [-0.39, 0.29) is 5.97 Å². The van der Waals surface area contributed by atoms with Gasteiger partial charge in [0.2, 0.25) is 0 Å². The van der Waals surface area contributed by atoms with E-state index < -0.39 is 0 Å². The minimum atomic E-state index is -0.350. The first-order valence-electron chi connectivity index (χ1n) is 5.58. The van der Waals surface area contributed by atoms with Gasteiger partial charge in [-0.3, -0.25) is 0 Å². The molecule has 4 nitrogen and oxygen atoms in total. The van der Waals surface area contributed by atoms with Gasteiger partial charge in [0.15, 0.2) is 0 Å². The van der Waals surface area contributed by atoms with Gasteiger partial charge in [0.05, 0.1) is 13.4 Å². The standard InChI is InChI=1S/C14H14N2O2/c1-18-14(17)7-6-12-2-4-13(5-3-12)10-16-9-8-15-11-16/h2-9,11H,10H2,1H3/b7-6+. The fourth-order valence-corrected chi connectivity index (χ4v) is 1.56. The number of methoxy groups -OCH3 is 1. The van der Waals surface area contributed by atoms with Crippen molar-refractivity contribution in [1.82, 2.24) is 9.55 Å². The third kappa shape index (κ3) is 3.31. The maximum absolute atomic E-state index is 10.9. The van der Waals surface area contributed by atoms with Crippen molar-refractivity contribution in [1.29, 1.82) is 0 Å². The lowest BCUT2D eigenvalue weighted by Gasteiger charge is -2.02. The zero-order valence-corrected chi connectivity index (χ0v) is 10.1. The number of carbonyl (C=O) groups excluding carboxylic acids is 1. The predicted molar refractivity (Wildman–Crippen MR) is 68.8 cm³/mol. The Bertz CT molecular complexity index is 527. The Kier molecular flexibility index (Phi) is 3.91. The molecule has 0 radical (unpaired) electrons. The number of rotatable bonds is 4. The Morgan fingerprint density at radius 1 is 1.39 bits per heavy atom. The van der Waals surface area contributed by atoms with Gasteiger partial charge in [0.25, 0.3) is 0 Å². The number of carbonyl (C=O) groups is 1. The van der Waals surface area contributed by atoms with Crippen LogP contribution in [0.2, 0.25) is 0 Å². The molecule has 0 spiro atoms. The van der Waals surface area contributed by atoms with Crippen LogP contribution in [-0.2, 0) is 16.1 Å². The van der Waals surface area contributed by atoms with Gasteiger partial charge in [0.1, 0.15) is 0 Å². The molecule has 1 aromatic carbocycles. The third-order valence-electron chi connectivity index (χ3n) is 2.52. The molecule has 2 rings (SSSR count). The van der Waals surface area contributed by atoms with Crippen LogP contribution in [0.3, 0.4) is 0 Å². The topological polar surface area (TPSA) is 44.1 Å². The molecule has 0 aliphatic rings. The SMILES string of the molecule is COC(=O)/C=C/c1ccc(Cn2ccnc2)cc1. The van der Waals surface area contributed by atoms with Crippen molar-refractivity contribution in [3.8, 4) is 0 Å². The molecule has 0 amide bonds. The van der Waals surface area contributed by atoms with Gasteiger partial charge in [-0.2, -0.15) is 0 Å². The van der Waals surface area contributed by atoms with E-state index in [0.29, 0.717) is 0 Å². The highest BCUT2D eigenvalue weighted by molar-refractivity contribution is 5.86. The number of hydrogen-bond acceptors (Lipinski definition) is 3. The van der Waals surface area contributed by atoms with E-state index >= 15 is 0 Å². The number of ether oxygens (including phenoxy) is 1. The van der Waals surface area contributed by atoms with Crippen molar-refractivity contribution in [2.45, 2.75) is 6.54 Å². The van der Waals surface area contributed by atoms with Crippen LogP contribution in [0.1, 0.15) is 11.1 Å². The first-order chi connectivity index (χ1) is 8.78. The van der Waals surface area contributed by atoms with Gasteiger partial charge in [-0.05, 0) is 17.2 Å². The van der Waals surface area contributed by atoms with Crippen LogP contribution in [0, 0.1) is 0 Å². The van der Waals surface area contributed by atoms with Gasteiger partial charge in [-0.1, -0.05) is 24.3 Å². The van der Waals surface area contributed by atoms with Crippen molar-refractivity contribution in [2.75, 3.05) is 7.11 Å². The second kappa shape index (κ2) is 5.82. The molecule has 0 unspecified atom stereocenters. The highest BCUT2D eigenvalue weighted by Gasteiger charge is 1.95. The van der Waals surface area contributed by atoms with Gasteiger partial charge >= 0.3 is 5.97 Å². The first kappa shape index (κ1) is 12.1. The maximum atomic E-state index is 10.9. The highest BCUT2D eigenvalue weighted by atomic mass is 16.5. The lowest BCUT2D eigenvalue weighted by molar-refractivity contribution is -0.134. The molecule has 1 heterocycles. The predicted octanol–water partition coefficient (Wildman–Crippen LogP) is 2.12. The molecule has 0 fully saturated rings. The van der Waals surface area contributed by atoms with Gasteiger partial charge in [-0.25, -0.2) is 9.78 Å². The number of hydrogen-bond donors (Lipinski definition) is 0. The lowest BCUT2D eigenvalue weighted by Crippen LogP contribution is -1.96. The molecular weight excluding hydrogens is 228 g/mol. The zero-order valence-electron chi connectivity index (χ0n) is 10.1. The van der Waals surface area contributed by atoms with Crippen LogP contribution in [0.4, 0.5) is 0 Å². The van der Waals surface area contributed by atoms with E-state index in [0.717, 1.165) is 12.1 Å². The van der Waals surface area contributed by atoms with Crippen LogP contribution in [0.15, 0.2) is 49.1 Å². The number of esters is 1. The van der Waals surface area contributed by atoms with Crippen LogP contribution in [-0.4, -0.2) is 22.6 Å². The molecule has 0 atom stereocenters. The average Bonchev–Trinajstić information content (AvgIpc) is 2.90. The van der Waals surface area contributed by atoms with E-state index in [4.69, 9.17) is 0 Å². The molecule has 0 aliphatic heterocycles. The summed E-state index contributed by atoms with van der Waals surface area (Å²) in [5, 5.41) is 0. The van der Waals surface area contributed by atoms with Crippen molar-refractivity contribution in [2.24, 2.45) is 0 Å². The fraction of sp³-hybridized carbons (Fsp3) is 0.143. The van der Waals surface area contributed by atoms with Crippen LogP contribution in [0.5, 0.6) is 0 Å². The van der Waals surface area contributed by atoms with Crippen LogP contribution >= 0.6 is 0 Å². The summed E-state index contributed by atoms with van der Waals surface area (Å²) in [6.07, 6.45) is 8.60. The molecule has 0 N–H and O–H groups in total. The van der Waals surface area contributed by atoms with Gasteiger partial charge in [0, 0.05) is 25.0 Å². The van der Waals surface area contributed by atoms with E-state index in [1.165, 1.54) is 18.7 Å². The number of benzene rings is 1. The normalized spacial score (nSPS) is 10.7.